The van der Waals surface area contributed by atoms with Crippen LogP contribution in [0.25, 0.3) is 10.1 Å². The molecule has 2 aromatic rings. The lowest BCUT2D eigenvalue weighted by Gasteiger charge is -2.03. The molecule has 0 radical (unpaired) electrons. The molecule has 0 bridgehead atoms. The third-order valence-corrected chi connectivity index (χ3v) is 5.17. The molecule has 13 heavy (non-hydrogen) atoms. The fourth-order valence-corrected chi connectivity index (χ4v) is 4.11. The molecular weight excluding hydrogens is 288 g/mol. The summed E-state index contributed by atoms with van der Waals surface area (Å²) in [4.78, 5) is 1.19. The van der Waals surface area contributed by atoms with Crippen molar-refractivity contribution < 1.29 is 0 Å². The normalized spacial score (nSPS) is 11.0. The molecule has 0 fully saturated rings. The molecule has 0 saturated carbocycles. The minimum Gasteiger partial charge on any atom is -0.143 e. The molecule has 1 aromatic carbocycles. The monoisotopic (exact) mass is 292 g/mol. The van der Waals surface area contributed by atoms with E-state index in [9.17, 15) is 0 Å². The zero-order chi connectivity index (χ0) is 9.42. The zero-order valence-corrected chi connectivity index (χ0v) is 10.8. The van der Waals surface area contributed by atoms with Crippen molar-refractivity contribution in [2.45, 2.75) is 4.90 Å². The van der Waals surface area contributed by atoms with Crippen LogP contribution in [0.5, 0.6) is 0 Å². The van der Waals surface area contributed by atoms with Gasteiger partial charge in [-0.3, -0.25) is 0 Å². The summed E-state index contributed by atoms with van der Waals surface area (Å²) in [5, 5.41) is 4.03. The highest BCUT2D eigenvalue weighted by molar-refractivity contribution is 9.10. The molecule has 68 valence electrons. The zero-order valence-electron chi connectivity index (χ0n) is 6.80. The second-order valence-corrected chi connectivity index (χ2v) is 5.50. The highest BCUT2D eigenvalue weighted by Gasteiger charge is 2.09. The molecule has 1 heterocycles. The molecular formula is C9H6BrClS2. The van der Waals surface area contributed by atoms with Gasteiger partial charge in [-0.25, -0.2) is 0 Å². The standard InChI is InChI=1S/C9H6BrClS2/c1-12-7-4-6(11)5-2-3-13-9(5)8(7)10/h2-4H,1H3. The molecule has 0 nitrogen and oxygen atoms in total. The van der Waals surface area contributed by atoms with E-state index in [1.165, 1.54) is 9.60 Å². The van der Waals surface area contributed by atoms with E-state index in [0.29, 0.717) is 0 Å². The summed E-state index contributed by atoms with van der Waals surface area (Å²) in [7, 11) is 0. The minimum atomic E-state index is 0.837. The van der Waals surface area contributed by atoms with Crippen LogP contribution in [0.15, 0.2) is 26.9 Å². The number of thioether (sulfide) groups is 1. The van der Waals surface area contributed by atoms with Crippen molar-refractivity contribution in [1.29, 1.82) is 0 Å². The van der Waals surface area contributed by atoms with Crippen LogP contribution < -0.4 is 0 Å². The molecule has 1 aromatic heterocycles. The molecule has 0 aliphatic heterocycles. The predicted molar refractivity (Wildman–Crippen MR) is 66.3 cm³/mol. The second-order valence-electron chi connectivity index (χ2n) is 2.54. The lowest BCUT2D eigenvalue weighted by Crippen LogP contribution is -1.75. The average Bonchev–Trinajstić information content (AvgIpc) is 2.60. The van der Waals surface area contributed by atoms with Crippen LogP contribution in [0, 0.1) is 0 Å². The van der Waals surface area contributed by atoms with Crippen LogP contribution >= 0.6 is 50.6 Å². The fraction of sp³-hybridized carbons (Fsp3) is 0.111. The first kappa shape index (κ1) is 9.84. The summed E-state index contributed by atoms with van der Waals surface area (Å²) in [6.07, 6.45) is 2.05. The van der Waals surface area contributed by atoms with E-state index in [1.54, 1.807) is 23.1 Å². The quantitative estimate of drug-likeness (QED) is 0.664. The lowest BCUT2D eigenvalue weighted by molar-refractivity contribution is 1.48. The van der Waals surface area contributed by atoms with Gasteiger partial charge in [0.15, 0.2) is 0 Å². The van der Waals surface area contributed by atoms with Crippen molar-refractivity contribution in [2.75, 3.05) is 6.26 Å². The topological polar surface area (TPSA) is 0 Å². The van der Waals surface area contributed by atoms with Crippen LogP contribution in [0.3, 0.4) is 0 Å². The van der Waals surface area contributed by atoms with Crippen molar-refractivity contribution in [1.82, 2.24) is 0 Å². The molecule has 0 spiro atoms. The Hall–Kier alpha value is 0.300. The minimum absolute atomic E-state index is 0.837. The van der Waals surface area contributed by atoms with Gasteiger partial charge >= 0.3 is 0 Å². The van der Waals surface area contributed by atoms with E-state index in [-0.39, 0.29) is 0 Å². The number of benzene rings is 1. The number of rotatable bonds is 1. The molecule has 0 aliphatic carbocycles. The van der Waals surface area contributed by atoms with Gasteiger partial charge in [-0.15, -0.1) is 23.1 Å². The van der Waals surface area contributed by atoms with Crippen molar-refractivity contribution in [3.8, 4) is 0 Å². The largest absolute Gasteiger partial charge is 0.143 e. The van der Waals surface area contributed by atoms with Gasteiger partial charge in [-0.1, -0.05) is 11.6 Å². The SMILES string of the molecule is CSc1cc(Cl)c2ccsc2c1Br. The predicted octanol–water partition coefficient (Wildman–Crippen LogP) is 5.04. The van der Waals surface area contributed by atoms with Crippen molar-refractivity contribution in [3.63, 3.8) is 0 Å². The van der Waals surface area contributed by atoms with E-state index in [0.717, 1.165) is 14.9 Å². The first-order valence-electron chi connectivity index (χ1n) is 3.63. The summed E-state index contributed by atoms with van der Waals surface area (Å²) in [6.45, 7) is 0. The van der Waals surface area contributed by atoms with E-state index < -0.39 is 0 Å². The Morgan fingerprint density at radius 1 is 1.54 bits per heavy atom. The van der Waals surface area contributed by atoms with Gasteiger partial charge in [0.2, 0.25) is 0 Å². The highest BCUT2D eigenvalue weighted by Crippen LogP contribution is 2.40. The van der Waals surface area contributed by atoms with Gasteiger partial charge in [-0.2, -0.15) is 0 Å². The van der Waals surface area contributed by atoms with Crippen LogP contribution in [0.1, 0.15) is 0 Å². The van der Waals surface area contributed by atoms with E-state index in [1.807, 2.05) is 6.07 Å². The summed E-state index contributed by atoms with van der Waals surface area (Å²) in [6, 6.07) is 4.06. The molecule has 4 heteroatoms. The van der Waals surface area contributed by atoms with E-state index in [4.69, 9.17) is 11.6 Å². The van der Waals surface area contributed by atoms with Crippen molar-refractivity contribution in [3.05, 3.63) is 27.0 Å². The van der Waals surface area contributed by atoms with Crippen LogP contribution in [0.4, 0.5) is 0 Å². The van der Waals surface area contributed by atoms with Crippen molar-refractivity contribution >= 4 is 60.7 Å². The Morgan fingerprint density at radius 3 is 3.00 bits per heavy atom. The first-order valence-corrected chi connectivity index (χ1v) is 6.90. The summed E-state index contributed by atoms with van der Waals surface area (Å²) in [5.41, 5.74) is 0. The van der Waals surface area contributed by atoms with Crippen LogP contribution in [-0.2, 0) is 0 Å². The molecule has 0 N–H and O–H groups in total. The van der Waals surface area contributed by atoms with E-state index >= 15 is 0 Å². The number of halogens is 2. The third kappa shape index (κ3) is 1.63. The lowest BCUT2D eigenvalue weighted by atomic mass is 10.3. The van der Waals surface area contributed by atoms with Crippen LogP contribution in [-0.4, -0.2) is 6.26 Å². The van der Waals surface area contributed by atoms with Gasteiger partial charge < -0.3 is 0 Å². The van der Waals surface area contributed by atoms with Gasteiger partial charge in [-0.05, 0) is 39.7 Å². The number of hydrogen-bond donors (Lipinski definition) is 0. The molecule has 0 saturated heterocycles. The highest BCUT2D eigenvalue weighted by atomic mass is 79.9. The van der Waals surface area contributed by atoms with Gasteiger partial charge in [0.05, 0.1) is 9.72 Å². The fourth-order valence-electron chi connectivity index (χ4n) is 1.18. The maximum atomic E-state index is 6.13. The average molecular weight is 294 g/mol. The third-order valence-electron chi connectivity index (χ3n) is 1.82. The van der Waals surface area contributed by atoms with Crippen LogP contribution in [0.2, 0.25) is 5.02 Å². The Kier molecular flexibility index (Phi) is 2.88. The van der Waals surface area contributed by atoms with Crippen molar-refractivity contribution in [2.24, 2.45) is 0 Å². The maximum Gasteiger partial charge on any atom is 0.0511 e. The molecule has 2 rings (SSSR count). The molecule has 0 unspecified atom stereocenters. The second kappa shape index (κ2) is 3.81. The van der Waals surface area contributed by atoms with Gasteiger partial charge in [0.25, 0.3) is 0 Å². The van der Waals surface area contributed by atoms with Gasteiger partial charge in [0, 0.05) is 14.8 Å². The molecule has 0 amide bonds. The molecule has 0 atom stereocenters. The Morgan fingerprint density at radius 2 is 2.31 bits per heavy atom. The number of hydrogen-bond acceptors (Lipinski definition) is 2. The summed E-state index contributed by atoms with van der Waals surface area (Å²) >= 11 is 13.1. The number of thiophene rings is 1. The van der Waals surface area contributed by atoms with E-state index in [2.05, 4.69) is 33.6 Å². The number of fused-ring (bicyclic) bond motifs is 1. The Bertz CT molecular complexity index is 450. The Labute approximate surface area is 98.4 Å². The summed E-state index contributed by atoms with van der Waals surface area (Å²) in [5.74, 6) is 0. The maximum absolute atomic E-state index is 6.13. The smallest absolute Gasteiger partial charge is 0.0511 e. The summed E-state index contributed by atoms with van der Waals surface area (Å²) < 4.78 is 2.39. The van der Waals surface area contributed by atoms with Gasteiger partial charge in [0.1, 0.15) is 0 Å². The Balaban J connectivity index is 2.85. The first-order chi connectivity index (χ1) is 6.24. The molecule has 0 aliphatic rings.